The lowest BCUT2D eigenvalue weighted by Gasteiger charge is -2.17. The molecule has 1 N–H and O–H groups in total. The normalized spacial score (nSPS) is 10.6. The van der Waals surface area contributed by atoms with E-state index in [1.807, 2.05) is 6.92 Å². The third kappa shape index (κ3) is 2.09. The van der Waals surface area contributed by atoms with Crippen LogP contribution in [-0.4, -0.2) is 25.8 Å². The van der Waals surface area contributed by atoms with Gasteiger partial charge in [-0.1, -0.05) is 6.92 Å². The van der Waals surface area contributed by atoms with Crippen LogP contribution in [-0.2, 0) is 13.5 Å². The standard InChI is InChI=1S/C14H15N3O3/c1-4-10-11(9-5-6-15-16-7-9)8(2)12(14(19)20)13(18)17(10)3/h5-7H,4H2,1-3H3,(H,19,20). The highest BCUT2D eigenvalue weighted by Gasteiger charge is 2.22. The summed E-state index contributed by atoms with van der Waals surface area (Å²) in [6, 6.07) is 1.75. The number of hydrogen-bond donors (Lipinski definition) is 1. The summed E-state index contributed by atoms with van der Waals surface area (Å²) in [5.74, 6) is -1.21. The summed E-state index contributed by atoms with van der Waals surface area (Å²) < 4.78 is 1.40. The first-order valence-electron chi connectivity index (χ1n) is 6.21. The van der Waals surface area contributed by atoms with Crippen molar-refractivity contribution >= 4 is 5.97 Å². The first-order valence-corrected chi connectivity index (χ1v) is 6.21. The Bertz CT molecular complexity index is 721. The second-order valence-electron chi connectivity index (χ2n) is 4.48. The zero-order chi connectivity index (χ0) is 14.9. The van der Waals surface area contributed by atoms with Crippen LogP contribution in [0.3, 0.4) is 0 Å². The van der Waals surface area contributed by atoms with Gasteiger partial charge >= 0.3 is 5.97 Å². The van der Waals surface area contributed by atoms with Gasteiger partial charge in [-0.05, 0) is 25.0 Å². The van der Waals surface area contributed by atoms with E-state index in [2.05, 4.69) is 10.2 Å². The molecule has 6 nitrogen and oxygen atoms in total. The number of nitrogens with zero attached hydrogens (tertiary/aromatic N) is 3. The monoisotopic (exact) mass is 273 g/mol. The molecule has 0 amide bonds. The predicted molar refractivity (Wildman–Crippen MR) is 73.8 cm³/mol. The van der Waals surface area contributed by atoms with Gasteiger partial charge in [-0.15, -0.1) is 0 Å². The summed E-state index contributed by atoms with van der Waals surface area (Å²) in [5.41, 5.74) is 2.06. The highest BCUT2D eigenvalue weighted by atomic mass is 16.4. The van der Waals surface area contributed by atoms with Crippen LogP contribution in [0.25, 0.3) is 11.1 Å². The second-order valence-corrected chi connectivity index (χ2v) is 4.48. The quantitative estimate of drug-likeness (QED) is 0.914. The van der Waals surface area contributed by atoms with Crippen molar-refractivity contribution in [3.8, 4) is 11.1 Å². The van der Waals surface area contributed by atoms with Gasteiger partial charge in [0, 0.05) is 23.9 Å². The SMILES string of the molecule is CCc1c(-c2ccnnc2)c(C)c(C(=O)O)c(=O)n1C. The van der Waals surface area contributed by atoms with E-state index in [4.69, 9.17) is 0 Å². The van der Waals surface area contributed by atoms with Crippen molar-refractivity contribution in [1.82, 2.24) is 14.8 Å². The van der Waals surface area contributed by atoms with Gasteiger partial charge < -0.3 is 9.67 Å². The summed E-state index contributed by atoms with van der Waals surface area (Å²) in [7, 11) is 1.59. The Morgan fingerprint density at radius 1 is 1.40 bits per heavy atom. The lowest BCUT2D eigenvalue weighted by Crippen LogP contribution is -2.29. The van der Waals surface area contributed by atoms with Crippen LogP contribution in [0.4, 0.5) is 0 Å². The molecular formula is C14H15N3O3. The molecule has 0 fully saturated rings. The number of carbonyl (C=O) groups is 1. The maximum Gasteiger partial charge on any atom is 0.341 e. The average Bonchev–Trinajstić information content (AvgIpc) is 2.43. The fraction of sp³-hybridized carbons (Fsp3) is 0.286. The predicted octanol–water partition coefficient (Wildman–Crippen LogP) is 1.41. The van der Waals surface area contributed by atoms with E-state index in [0.717, 1.165) is 16.8 Å². The molecule has 2 heterocycles. The molecule has 0 aliphatic carbocycles. The smallest absolute Gasteiger partial charge is 0.341 e. The van der Waals surface area contributed by atoms with Crippen LogP contribution in [0.1, 0.15) is 28.5 Å². The minimum atomic E-state index is -1.21. The molecule has 0 saturated heterocycles. The number of carboxylic acids is 1. The van der Waals surface area contributed by atoms with E-state index in [1.54, 1.807) is 32.4 Å². The summed E-state index contributed by atoms with van der Waals surface area (Å²) in [6.07, 6.45) is 3.72. The van der Waals surface area contributed by atoms with Crippen molar-refractivity contribution in [3.63, 3.8) is 0 Å². The van der Waals surface area contributed by atoms with E-state index in [1.165, 1.54) is 4.57 Å². The van der Waals surface area contributed by atoms with Gasteiger partial charge in [-0.2, -0.15) is 10.2 Å². The Labute approximate surface area is 115 Å². The molecule has 0 aliphatic heterocycles. The fourth-order valence-corrected chi connectivity index (χ4v) is 2.45. The minimum absolute atomic E-state index is 0.198. The van der Waals surface area contributed by atoms with Crippen molar-refractivity contribution in [1.29, 1.82) is 0 Å². The third-order valence-corrected chi connectivity index (χ3v) is 3.38. The first-order chi connectivity index (χ1) is 9.49. The van der Waals surface area contributed by atoms with Crippen LogP contribution in [0.5, 0.6) is 0 Å². The molecule has 104 valence electrons. The first kappa shape index (κ1) is 13.9. The van der Waals surface area contributed by atoms with Crippen LogP contribution in [0.15, 0.2) is 23.3 Å². The summed E-state index contributed by atoms with van der Waals surface area (Å²) in [4.78, 5) is 23.5. The van der Waals surface area contributed by atoms with Gasteiger partial charge in [-0.25, -0.2) is 4.79 Å². The summed E-state index contributed by atoms with van der Waals surface area (Å²) in [5, 5.41) is 16.8. The van der Waals surface area contributed by atoms with Crippen molar-refractivity contribution in [2.75, 3.05) is 0 Å². The molecule has 0 bridgehead atoms. The van der Waals surface area contributed by atoms with E-state index >= 15 is 0 Å². The van der Waals surface area contributed by atoms with Gasteiger partial charge in [0.25, 0.3) is 5.56 Å². The number of rotatable bonds is 3. The summed E-state index contributed by atoms with van der Waals surface area (Å²) in [6.45, 7) is 3.58. The van der Waals surface area contributed by atoms with Crippen molar-refractivity contribution < 1.29 is 9.90 Å². The topological polar surface area (TPSA) is 85.1 Å². The Hall–Kier alpha value is -2.50. The molecule has 0 unspecified atom stereocenters. The van der Waals surface area contributed by atoms with Gasteiger partial charge in [0.15, 0.2) is 0 Å². The fourth-order valence-electron chi connectivity index (χ4n) is 2.45. The number of carboxylic acid groups (broad SMARTS) is 1. The minimum Gasteiger partial charge on any atom is -0.477 e. The highest BCUT2D eigenvalue weighted by Crippen LogP contribution is 2.27. The van der Waals surface area contributed by atoms with Crippen molar-refractivity contribution in [2.45, 2.75) is 20.3 Å². The van der Waals surface area contributed by atoms with Gasteiger partial charge in [0.2, 0.25) is 0 Å². The lowest BCUT2D eigenvalue weighted by atomic mass is 9.95. The molecule has 2 aromatic heterocycles. The molecule has 0 radical (unpaired) electrons. The lowest BCUT2D eigenvalue weighted by molar-refractivity contribution is 0.0693. The highest BCUT2D eigenvalue weighted by molar-refractivity contribution is 5.92. The maximum absolute atomic E-state index is 12.1. The molecule has 0 spiro atoms. The zero-order valence-corrected chi connectivity index (χ0v) is 11.5. The van der Waals surface area contributed by atoms with E-state index in [-0.39, 0.29) is 5.56 Å². The van der Waals surface area contributed by atoms with Gasteiger partial charge in [0.05, 0.1) is 12.4 Å². The molecule has 6 heteroatoms. The largest absolute Gasteiger partial charge is 0.477 e. The Balaban J connectivity index is 2.93. The van der Waals surface area contributed by atoms with E-state index < -0.39 is 11.5 Å². The number of aromatic nitrogens is 3. The van der Waals surface area contributed by atoms with Gasteiger partial charge in [-0.3, -0.25) is 4.79 Å². The molecule has 0 atom stereocenters. The second kappa shape index (κ2) is 5.24. The average molecular weight is 273 g/mol. The van der Waals surface area contributed by atoms with Crippen molar-refractivity contribution in [3.05, 3.63) is 45.6 Å². The third-order valence-electron chi connectivity index (χ3n) is 3.38. The molecule has 0 aliphatic rings. The molecule has 2 aromatic rings. The molecule has 0 saturated carbocycles. The van der Waals surface area contributed by atoms with E-state index in [9.17, 15) is 14.7 Å². The molecule has 20 heavy (non-hydrogen) atoms. The Kier molecular flexibility index (Phi) is 3.65. The van der Waals surface area contributed by atoms with Crippen LogP contribution < -0.4 is 5.56 Å². The van der Waals surface area contributed by atoms with E-state index in [0.29, 0.717) is 12.0 Å². The van der Waals surface area contributed by atoms with Crippen molar-refractivity contribution in [2.24, 2.45) is 7.05 Å². The number of hydrogen-bond acceptors (Lipinski definition) is 4. The molecule has 0 aromatic carbocycles. The number of pyridine rings is 1. The van der Waals surface area contributed by atoms with Crippen LogP contribution >= 0.6 is 0 Å². The summed E-state index contributed by atoms with van der Waals surface area (Å²) >= 11 is 0. The maximum atomic E-state index is 12.1. The Morgan fingerprint density at radius 3 is 2.60 bits per heavy atom. The Morgan fingerprint density at radius 2 is 2.10 bits per heavy atom. The molecular weight excluding hydrogens is 258 g/mol. The van der Waals surface area contributed by atoms with Crippen LogP contribution in [0.2, 0.25) is 0 Å². The van der Waals surface area contributed by atoms with Gasteiger partial charge in [0.1, 0.15) is 5.56 Å². The number of aromatic carboxylic acids is 1. The van der Waals surface area contributed by atoms with Crippen LogP contribution in [0, 0.1) is 6.92 Å². The molecule has 2 rings (SSSR count). The zero-order valence-electron chi connectivity index (χ0n) is 11.5.